The SMILES string of the molecule is Brc1ccc2ccccc2n1.Brc1ccc2ccccc2n1.CC.CC.CC1CCc2cccc3[nH]c(=O)n1c23.CC1CCc2ccccc2C1.COCC(=O)N1c2ccccc2CCC1C.COn1c(=O)n2c3c(cccc31)CCC2C.Cc1ccc2[nH]c(=O)n3c2c1CCC3C.Cc1ccc2[nH]c(=O)n3c2c1CCC3C. The lowest BCUT2D eigenvalue weighted by molar-refractivity contribution is -0.122. The highest BCUT2D eigenvalue weighted by atomic mass is 79.9. The predicted octanol–water partition coefficient (Wildman–Crippen LogP) is 20.4. The van der Waals surface area contributed by atoms with Crippen LogP contribution in [0.25, 0.3) is 65.9 Å². The number of imidazole rings is 4. The minimum absolute atomic E-state index is 0.0275. The zero-order valence-electron chi connectivity index (χ0n) is 67.9. The molecular weight excluding hydrogens is 1540 g/mol. The Kier molecular flexibility index (Phi) is 28.6. The summed E-state index contributed by atoms with van der Waals surface area (Å²) in [7, 11) is 3.08. The minimum atomic E-state index is -0.0721. The van der Waals surface area contributed by atoms with Gasteiger partial charge in [0, 0.05) is 53.8 Å². The van der Waals surface area contributed by atoms with Crippen LogP contribution < -0.4 is 32.5 Å². The molecule has 5 aliphatic heterocycles. The van der Waals surface area contributed by atoms with Gasteiger partial charge in [0.15, 0.2) is 0 Å². The monoisotopic (exact) mass is 1650 g/mol. The number of para-hydroxylation sites is 5. The molecule has 0 radical (unpaired) electrons. The predicted molar refractivity (Wildman–Crippen MR) is 471 cm³/mol. The number of amides is 1. The fourth-order valence-corrected chi connectivity index (χ4v) is 17.1. The summed E-state index contributed by atoms with van der Waals surface area (Å²) in [6, 6.07) is 62.8. The quantitative estimate of drug-likeness (QED) is 0.144. The van der Waals surface area contributed by atoms with E-state index in [4.69, 9.17) is 9.57 Å². The number of anilines is 1. The summed E-state index contributed by atoms with van der Waals surface area (Å²) in [5, 5.41) is 2.35. The van der Waals surface area contributed by atoms with Crippen LogP contribution in [0.2, 0.25) is 0 Å². The third-order valence-corrected chi connectivity index (χ3v) is 23.1. The van der Waals surface area contributed by atoms with Crippen molar-refractivity contribution in [2.45, 2.75) is 197 Å². The van der Waals surface area contributed by atoms with E-state index in [0.29, 0.717) is 18.1 Å². The molecule has 0 saturated carbocycles. The number of rotatable bonds is 3. The number of fused-ring (bicyclic) bond motifs is 4. The smallest absolute Gasteiger partial charge is 0.362 e. The fraction of sp³-hybridized carbons (Fsp3) is 0.366. The molecule has 11 heterocycles. The Morgan fingerprint density at radius 1 is 0.425 bits per heavy atom. The lowest BCUT2D eigenvalue weighted by atomic mass is 9.85. The molecule has 14 aromatic rings. The van der Waals surface area contributed by atoms with Crippen LogP contribution in [0, 0.1) is 19.8 Å². The Labute approximate surface area is 678 Å². The molecule has 6 unspecified atom stereocenters. The number of pyridine rings is 2. The van der Waals surface area contributed by atoms with E-state index in [0.717, 1.165) is 140 Å². The number of nitrogens with zero attached hydrogens (tertiary/aromatic N) is 8. The topological polar surface area (TPSA) is 205 Å². The number of hydrogen-bond donors (Lipinski definition) is 3. The molecule has 20 rings (SSSR count). The third kappa shape index (κ3) is 18.7. The number of halogens is 2. The van der Waals surface area contributed by atoms with Gasteiger partial charge < -0.3 is 29.4 Å². The molecule has 6 atom stereocenters. The molecule has 1 amide bonds. The van der Waals surface area contributed by atoms with Crippen molar-refractivity contribution >= 4 is 109 Å². The third-order valence-electron chi connectivity index (χ3n) is 22.2. The number of ether oxygens (including phenoxy) is 1. The molecule has 0 saturated heterocycles. The molecule has 6 aromatic heterocycles. The zero-order valence-corrected chi connectivity index (χ0v) is 71.0. The highest BCUT2D eigenvalue weighted by Crippen LogP contribution is 2.35. The molecule has 0 fully saturated rings. The van der Waals surface area contributed by atoms with Gasteiger partial charge in [-0.3, -0.25) is 23.1 Å². The number of H-pyrrole nitrogens is 3. The van der Waals surface area contributed by atoms with E-state index in [-0.39, 0.29) is 47.4 Å². The van der Waals surface area contributed by atoms with Gasteiger partial charge in [-0.15, -0.1) is 4.73 Å². The number of carbonyl (C=O) groups excluding carboxylic acids is 1. The van der Waals surface area contributed by atoms with Crippen molar-refractivity contribution in [3.8, 4) is 0 Å². The van der Waals surface area contributed by atoms with Crippen molar-refractivity contribution in [1.82, 2.24) is 47.9 Å². The Morgan fingerprint density at radius 3 is 1.37 bits per heavy atom. The number of aryl methyl sites for hydroxylation is 8. The highest BCUT2D eigenvalue weighted by molar-refractivity contribution is 9.10. The average molecular weight is 1650 g/mol. The highest BCUT2D eigenvalue weighted by Gasteiger charge is 2.29. The van der Waals surface area contributed by atoms with Gasteiger partial charge in [0.1, 0.15) is 28.4 Å². The van der Waals surface area contributed by atoms with Crippen LogP contribution in [0.3, 0.4) is 0 Å². The number of nitrogens with one attached hydrogen (secondary N) is 3. The van der Waals surface area contributed by atoms with Crippen molar-refractivity contribution < 1.29 is 14.4 Å². The Bertz CT molecular complexity index is 5690. The van der Waals surface area contributed by atoms with Gasteiger partial charge >= 0.3 is 22.8 Å². The summed E-state index contributed by atoms with van der Waals surface area (Å²) in [5.41, 5.74) is 23.5. The van der Waals surface area contributed by atoms with Gasteiger partial charge in [-0.05, 0) is 274 Å². The van der Waals surface area contributed by atoms with Crippen molar-refractivity contribution in [3.05, 3.63) is 283 Å². The molecule has 592 valence electrons. The molecule has 1 aliphatic carbocycles. The first kappa shape index (κ1) is 83.8. The van der Waals surface area contributed by atoms with E-state index in [2.05, 4.69) is 179 Å². The van der Waals surface area contributed by atoms with Crippen molar-refractivity contribution in [2.24, 2.45) is 5.92 Å². The largest absolute Gasteiger partial charge is 0.412 e. The second-order valence-corrected chi connectivity index (χ2v) is 31.3. The van der Waals surface area contributed by atoms with Crippen molar-refractivity contribution in [3.63, 3.8) is 0 Å². The average Bonchev–Trinajstić information content (AvgIpc) is 2.11. The summed E-state index contributed by atoms with van der Waals surface area (Å²) in [4.78, 5) is 83.7. The van der Waals surface area contributed by atoms with Crippen molar-refractivity contribution in [2.75, 3.05) is 25.7 Å². The van der Waals surface area contributed by atoms with E-state index in [9.17, 15) is 24.0 Å². The maximum atomic E-state index is 12.1. The summed E-state index contributed by atoms with van der Waals surface area (Å²) in [6.07, 6.45) is 14.5. The molecule has 20 heteroatoms. The first-order chi connectivity index (χ1) is 54.7. The fourth-order valence-electron chi connectivity index (χ4n) is 16.4. The lowest BCUT2D eigenvalue weighted by Crippen LogP contribution is -2.43. The lowest BCUT2D eigenvalue weighted by Gasteiger charge is -2.35. The number of hydrogen-bond acceptors (Lipinski definition) is 9. The van der Waals surface area contributed by atoms with Crippen molar-refractivity contribution in [1.29, 1.82) is 0 Å². The second-order valence-electron chi connectivity index (χ2n) is 29.7. The van der Waals surface area contributed by atoms with E-state index >= 15 is 0 Å². The first-order valence-electron chi connectivity index (χ1n) is 40.1. The van der Waals surface area contributed by atoms with Crippen LogP contribution in [0.15, 0.2) is 210 Å². The zero-order chi connectivity index (χ0) is 80.7. The molecular formula is C93H109Br2N11O7. The number of carbonyl (C=O) groups is 1. The normalized spacial score (nSPS) is 17.5. The standard InChI is InChI=1S/C13H17NO2.C12H14N2O2.2C12H14N2O.C11H12N2O.C11H14.2C9H6BrN.2C2H6/c1-10-7-8-11-5-3-4-6-12(11)14(10)13(15)9-16-2;1-8-6-7-9-4-3-5-10-11(9)13(8)12(15)14(10)16-2;2*1-7-3-6-10-11-9(7)5-4-8(2)14(11)12(15)13-10;1-7-5-6-8-3-2-4-9-10(8)13(7)11(14)12-9;1-9-6-7-10-4-2-3-5-11(10)8-9;2*10-9-6-5-7-3-1-2-4-8(7)11-9;2*1-2/h3-6,10H,7-9H2,1-2H3;3-5,8H,6-7H2,1-2H3;2*3,6,8H,4-5H2,1-2H3,(H,13,15);2-4,7H,5-6H2,1H3,(H,12,14);2-5,9H,6-8H2,1H3;2*1-6H;2*1-2H3. The molecule has 6 aliphatic rings. The van der Waals surface area contributed by atoms with Crippen LogP contribution in [0.1, 0.15) is 182 Å². The van der Waals surface area contributed by atoms with E-state index in [1.165, 1.54) is 80.8 Å². The number of methoxy groups -OCH3 is 1. The van der Waals surface area contributed by atoms with Crippen LogP contribution >= 0.6 is 31.9 Å². The maximum absolute atomic E-state index is 12.1. The first-order valence-corrected chi connectivity index (χ1v) is 41.7. The second kappa shape index (κ2) is 38.6. The minimum Gasteiger partial charge on any atom is -0.412 e. The summed E-state index contributed by atoms with van der Waals surface area (Å²) in [5.74, 6) is 0.937. The van der Waals surface area contributed by atoms with Crippen LogP contribution in [0.5, 0.6) is 0 Å². The van der Waals surface area contributed by atoms with Gasteiger partial charge in [0.2, 0.25) is 0 Å². The van der Waals surface area contributed by atoms with E-state index in [1.54, 1.807) is 18.2 Å². The van der Waals surface area contributed by atoms with Gasteiger partial charge in [0.25, 0.3) is 5.91 Å². The number of aromatic nitrogens is 10. The molecule has 0 spiro atoms. The Balaban J connectivity index is 0.000000127. The van der Waals surface area contributed by atoms with Gasteiger partial charge in [-0.25, -0.2) is 29.1 Å². The summed E-state index contributed by atoms with van der Waals surface area (Å²) < 4.78 is 15.6. The Hall–Kier alpha value is -10.2. The summed E-state index contributed by atoms with van der Waals surface area (Å²) in [6.45, 7) is 25.2. The Morgan fingerprint density at radius 2 is 0.841 bits per heavy atom. The van der Waals surface area contributed by atoms with E-state index < -0.39 is 0 Å². The van der Waals surface area contributed by atoms with Crippen LogP contribution in [0.4, 0.5) is 5.69 Å². The molecule has 0 bridgehead atoms. The van der Waals surface area contributed by atoms with Gasteiger partial charge in [0.05, 0.1) is 49.7 Å². The van der Waals surface area contributed by atoms with Crippen LogP contribution in [-0.4, -0.2) is 80.7 Å². The number of benzene rings is 8. The maximum Gasteiger partial charge on any atom is 0.362 e. The molecule has 113 heavy (non-hydrogen) atoms. The molecule has 3 N–H and O–H groups in total. The van der Waals surface area contributed by atoms with E-state index in [1.807, 2.05) is 166 Å². The number of aromatic amines is 3. The van der Waals surface area contributed by atoms with Gasteiger partial charge in [-0.2, -0.15) is 0 Å². The van der Waals surface area contributed by atoms with Crippen LogP contribution in [-0.2, 0) is 54.5 Å². The molecule has 18 nitrogen and oxygen atoms in total. The van der Waals surface area contributed by atoms with Gasteiger partial charge in [-0.1, -0.05) is 162 Å². The summed E-state index contributed by atoms with van der Waals surface area (Å²) >= 11 is 6.64. The molecule has 8 aromatic carbocycles.